The standard InChI is InChI=1S/C11H7ClF3NO2/c12-6-1-2-8(11(13,14)15)9(3-6)16-5-7(17)4-10(16)18/h1-3H,4-5H2. The maximum absolute atomic E-state index is 12.8. The Kier molecular flexibility index (Phi) is 3.06. The number of hydrogen-bond donors (Lipinski definition) is 0. The Morgan fingerprint density at radius 3 is 2.39 bits per heavy atom. The van der Waals surface area contributed by atoms with Crippen LogP contribution >= 0.6 is 11.6 Å². The summed E-state index contributed by atoms with van der Waals surface area (Å²) in [5.74, 6) is -1.05. The third kappa shape index (κ3) is 2.33. The second-order valence-corrected chi connectivity index (χ2v) is 4.29. The van der Waals surface area contributed by atoms with Gasteiger partial charge in [0.15, 0.2) is 5.78 Å². The van der Waals surface area contributed by atoms with Crippen molar-refractivity contribution >= 4 is 29.0 Å². The normalized spacial score (nSPS) is 16.6. The number of carbonyl (C=O) groups excluding carboxylic acids is 2. The largest absolute Gasteiger partial charge is 0.418 e. The number of benzene rings is 1. The highest BCUT2D eigenvalue weighted by Crippen LogP contribution is 2.39. The van der Waals surface area contributed by atoms with E-state index in [0.29, 0.717) is 0 Å². The van der Waals surface area contributed by atoms with Gasteiger partial charge >= 0.3 is 6.18 Å². The number of amides is 1. The summed E-state index contributed by atoms with van der Waals surface area (Å²) in [5, 5.41) is 0.0742. The predicted molar refractivity (Wildman–Crippen MR) is 58.4 cm³/mol. The average molecular weight is 278 g/mol. The van der Waals surface area contributed by atoms with E-state index < -0.39 is 23.4 Å². The lowest BCUT2D eigenvalue weighted by Gasteiger charge is -2.20. The molecule has 1 aliphatic rings. The average Bonchev–Trinajstić information content (AvgIpc) is 2.55. The van der Waals surface area contributed by atoms with Crippen LogP contribution < -0.4 is 4.90 Å². The van der Waals surface area contributed by atoms with Crippen molar-refractivity contribution in [1.29, 1.82) is 0 Å². The van der Waals surface area contributed by atoms with Gasteiger partial charge in [-0.1, -0.05) is 11.6 Å². The van der Waals surface area contributed by atoms with E-state index in [2.05, 4.69) is 0 Å². The van der Waals surface area contributed by atoms with E-state index in [-0.39, 0.29) is 23.7 Å². The Morgan fingerprint density at radius 1 is 1.22 bits per heavy atom. The number of ketones is 1. The van der Waals surface area contributed by atoms with Gasteiger partial charge in [0.1, 0.15) is 0 Å². The van der Waals surface area contributed by atoms with E-state index in [0.717, 1.165) is 23.1 Å². The molecule has 0 spiro atoms. The van der Waals surface area contributed by atoms with Crippen LogP contribution in [0.2, 0.25) is 5.02 Å². The molecule has 0 bridgehead atoms. The fourth-order valence-corrected chi connectivity index (χ4v) is 1.94. The van der Waals surface area contributed by atoms with Crippen molar-refractivity contribution in [1.82, 2.24) is 0 Å². The van der Waals surface area contributed by atoms with Crippen molar-refractivity contribution in [2.24, 2.45) is 0 Å². The topological polar surface area (TPSA) is 37.4 Å². The fourth-order valence-electron chi connectivity index (χ4n) is 1.77. The summed E-state index contributed by atoms with van der Waals surface area (Å²) in [5.41, 5.74) is -1.35. The highest BCUT2D eigenvalue weighted by atomic mass is 35.5. The van der Waals surface area contributed by atoms with Gasteiger partial charge < -0.3 is 4.90 Å². The Hall–Kier alpha value is -1.56. The molecule has 0 atom stereocenters. The minimum atomic E-state index is -4.61. The van der Waals surface area contributed by atoms with Gasteiger partial charge in [0.25, 0.3) is 0 Å². The highest BCUT2D eigenvalue weighted by Gasteiger charge is 2.38. The highest BCUT2D eigenvalue weighted by molar-refractivity contribution is 6.31. The zero-order chi connectivity index (χ0) is 13.5. The van der Waals surface area contributed by atoms with E-state index in [1.165, 1.54) is 0 Å². The van der Waals surface area contributed by atoms with Crippen LogP contribution in [0.1, 0.15) is 12.0 Å². The van der Waals surface area contributed by atoms with Gasteiger partial charge in [-0.15, -0.1) is 0 Å². The lowest BCUT2D eigenvalue weighted by Crippen LogP contribution is -2.27. The van der Waals surface area contributed by atoms with Crippen LogP contribution in [0.3, 0.4) is 0 Å². The van der Waals surface area contributed by atoms with Gasteiger partial charge in [-0.05, 0) is 18.2 Å². The lowest BCUT2D eigenvalue weighted by molar-refractivity contribution is -0.137. The quantitative estimate of drug-likeness (QED) is 0.740. The zero-order valence-electron chi connectivity index (χ0n) is 8.92. The maximum Gasteiger partial charge on any atom is 0.418 e. The Labute approximate surface area is 105 Å². The Balaban J connectivity index is 2.52. The molecule has 0 aliphatic carbocycles. The molecule has 1 aliphatic heterocycles. The van der Waals surface area contributed by atoms with Crippen molar-refractivity contribution in [2.75, 3.05) is 11.4 Å². The van der Waals surface area contributed by atoms with Crippen LogP contribution in [0.5, 0.6) is 0 Å². The third-order valence-corrected chi connectivity index (χ3v) is 2.77. The van der Waals surface area contributed by atoms with Crippen molar-refractivity contribution in [2.45, 2.75) is 12.6 Å². The van der Waals surface area contributed by atoms with Gasteiger partial charge in [0.2, 0.25) is 5.91 Å². The molecule has 1 heterocycles. The number of nitrogens with zero attached hydrogens (tertiary/aromatic N) is 1. The summed E-state index contributed by atoms with van der Waals surface area (Å²) >= 11 is 5.64. The summed E-state index contributed by atoms with van der Waals surface area (Å²) in [4.78, 5) is 23.4. The Bertz CT molecular complexity index is 528. The van der Waals surface area contributed by atoms with Crippen LogP contribution in [0.25, 0.3) is 0 Å². The van der Waals surface area contributed by atoms with E-state index in [1.807, 2.05) is 0 Å². The molecule has 1 aromatic carbocycles. The Morgan fingerprint density at radius 2 is 1.89 bits per heavy atom. The summed E-state index contributed by atoms with van der Waals surface area (Å²) in [6.07, 6.45) is -4.98. The van der Waals surface area contributed by atoms with E-state index in [9.17, 15) is 22.8 Å². The summed E-state index contributed by atoms with van der Waals surface area (Å²) in [6.45, 7) is -0.345. The molecule has 96 valence electrons. The van der Waals surface area contributed by atoms with Gasteiger partial charge in [-0.3, -0.25) is 9.59 Å². The smallest absolute Gasteiger partial charge is 0.304 e. The SMILES string of the molecule is O=C1CC(=O)N(c2cc(Cl)ccc2C(F)(F)F)C1. The van der Waals surface area contributed by atoms with Crippen LogP contribution in [0.4, 0.5) is 18.9 Å². The second kappa shape index (κ2) is 4.28. The lowest BCUT2D eigenvalue weighted by atomic mass is 10.1. The molecule has 1 fully saturated rings. The second-order valence-electron chi connectivity index (χ2n) is 3.85. The summed E-state index contributed by atoms with van der Waals surface area (Å²) < 4.78 is 38.4. The molecule has 7 heteroatoms. The van der Waals surface area contributed by atoms with Crippen molar-refractivity contribution in [3.05, 3.63) is 28.8 Å². The number of halogens is 4. The zero-order valence-corrected chi connectivity index (χ0v) is 9.68. The molecule has 0 N–H and O–H groups in total. The fraction of sp³-hybridized carbons (Fsp3) is 0.273. The molecule has 0 saturated carbocycles. The first-order valence-electron chi connectivity index (χ1n) is 4.98. The molecule has 1 aromatic rings. The first kappa shape index (κ1) is 12.9. The first-order valence-corrected chi connectivity index (χ1v) is 5.35. The van der Waals surface area contributed by atoms with Gasteiger partial charge in [-0.25, -0.2) is 0 Å². The van der Waals surface area contributed by atoms with Crippen LogP contribution in [-0.2, 0) is 15.8 Å². The molecular weight excluding hydrogens is 271 g/mol. The predicted octanol–water partition coefficient (Wildman–Crippen LogP) is 2.66. The van der Waals surface area contributed by atoms with Crippen molar-refractivity contribution in [3.8, 4) is 0 Å². The van der Waals surface area contributed by atoms with Crippen LogP contribution in [-0.4, -0.2) is 18.2 Å². The molecule has 1 saturated heterocycles. The molecule has 18 heavy (non-hydrogen) atoms. The van der Waals surface area contributed by atoms with Gasteiger partial charge in [-0.2, -0.15) is 13.2 Å². The molecule has 0 radical (unpaired) electrons. The first-order chi connectivity index (χ1) is 8.29. The van der Waals surface area contributed by atoms with E-state index >= 15 is 0 Å². The van der Waals surface area contributed by atoms with Crippen molar-refractivity contribution < 1.29 is 22.8 Å². The third-order valence-electron chi connectivity index (χ3n) is 2.54. The van der Waals surface area contributed by atoms with Crippen LogP contribution in [0.15, 0.2) is 18.2 Å². The molecule has 3 nitrogen and oxygen atoms in total. The van der Waals surface area contributed by atoms with Gasteiger partial charge in [0.05, 0.1) is 24.2 Å². The van der Waals surface area contributed by atoms with Crippen LogP contribution in [0, 0.1) is 0 Å². The number of hydrogen-bond acceptors (Lipinski definition) is 2. The molecule has 1 amide bonds. The van der Waals surface area contributed by atoms with Gasteiger partial charge in [0, 0.05) is 5.02 Å². The monoisotopic (exact) mass is 277 g/mol. The molecule has 2 rings (SSSR count). The number of alkyl halides is 3. The van der Waals surface area contributed by atoms with E-state index in [4.69, 9.17) is 11.6 Å². The maximum atomic E-state index is 12.8. The minimum Gasteiger partial charge on any atom is -0.304 e. The number of anilines is 1. The molecule has 0 aromatic heterocycles. The number of Topliss-reactive ketones (excluding diaryl/α,β-unsaturated/α-hetero) is 1. The minimum absolute atomic E-state index is 0.0742. The number of carbonyl (C=O) groups is 2. The molecular formula is C11H7ClF3NO2. The number of rotatable bonds is 1. The molecule has 0 unspecified atom stereocenters. The summed E-state index contributed by atoms with van der Waals surface area (Å²) in [6, 6.07) is 2.94. The van der Waals surface area contributed by atoms with Crippen molar-refractivity contribution in [3.63, 3.8) is 0 Å². The van der Waals surface area contributed by atoms with E-state index in [1.54, 1.807) is 0 Å². The summed E-state index contributed by atoms with van der Waals surface area (Å²) in [7, 11) is 0.